The molecule has 18 heavy (non-hydrogen) atoms. The van der Waals surface area contributed by atoms with Gasteiger partial charge >= 0.3 is 0 Å². The summed E-state index contributed by atoms with van der Waals surface area (Å²) in [5, 5.41) is 0. The van der Waals surface area contributed by atoms with Crippen LogP contribution in [-0.4, -0.2) is 23.9 Å². The fourth-order valence-electron chi connectivity index (χ4n) is 1.42. The zero-order valence-corrected chi connectivity index (χ0v) is 10.0. The predicted octanol–water partition coefficient (Wildman–Crippen LogP) is 0.719. The second-order valence-corrected chi connectivity index (χ2v) is 4.00. The topological polar surface area (TPSA) is 103 Å². The molecule has 0 unspecified atom stereocenters. The van der Waals surface area contributed by atoms with Crippen molar-refractivity contribution in [3.05, 3.63) is 29.8 Å². The van der Waals surface area contributed by atoms with Crippen LogP contribution in [0.2, 0.25) is 0 Å². The zero-order chi connectivity index (χ0) is 13.5. The third-order valence-electron chi connectivity index (χ3n) is 2.50. The first-order valence-electron chi connectivity index (χ1n) is 5.65. The van der Waals surface area contributed by atoms with E-state index >= 15 is 0 Å². The number of anilines is 1. The van der Waals surface area contributed by atoms with Crippen LogP contribution in [0.4, 0.5) is 5.69 Å². The molecular formula is C13H16N2O3. The molecule has 4 N–H and O–H groups in total. The van der Waals surface area contributed by atoms with E-state index in [1.807, 2.05) is 0 Å². The van der Waals surface area contributed by atoms with Crippen LogP contribution in [0.1, 0.15) is 29.6 Å². The fraction of sp³-hybridized carbons (Fsp3) is 0.308. The van der Waals surface area contributed by atoms with E-state index in [-0.39, 0.29) is 43.2 Å². The van der Waals surface area contributed by atoms with Crippen LogP contribution >= 0.6 is 0 Å². The maximum absolute atomic E-state index is 11.7. The van der Waals surface area contributed by atoms with E-state index in [2.05, 4.69) is 0 Å². The average molecular weight is 248 g/mol. The molecule has 0 saturated carbocycles. The fourth-order valence-corrected chi connectivity index (χ4v) is 1.42. The third-order valence-corrected chi connectivity index (χ3v) is 2.50. The van der Waals surface area contributed by atoms with Crippen molar-refractivity contribution in [1.29, 1.82) is 0 Å². The number of carbonyl (C=O) groups excluding carboxylic acids is 3. The molecule has 0 amide bonds. The van der Waals surface area contributed by atoms with Gasteiger partial charge in [0.1, 0.15) is 11.6 Å². The number of hydrogen-bond donors (Lipinski definition) is 2. The van der Waals surface area contributed by atoms with Gasteiger partial charge in [-0.3, -0.25) is 14.4 Å². The summed E-state index contributed by atoms with van der Waals surface area (Å²) in [6, 6.07) is 6.37. The lowest BCUT2D eigenvalue weighted by Crippen LogP contribution is -2.16. The molecule has 0 aromatic heterocycles. The molecule has 0 heterocycles. The Morgan fingerprint density at radius 3 is 2.06 bits per heavy atom. The van der Waals surface area contributed by atoms with Gasteiger partial charge in [-0.1, -0.05) is 0 Å². The van der Waals surface area contributed by atoms with Gasteiger partial charge in [0.2, 0.25) is 0 Å². The maximum Gasteiger partial charge on any atom is 0.170 e. The van der Waals surface area contributed by atoms with Crippen molar-refractivity contribution >= 4 is 23.0 Å². The van der Waals surface area contributed by atoms with Gasteiger partial charge in [0.15, 0.2) is 5.78 Å². The molecule has 0 atom stereocenters. The molecule has 5 nitrogen and oxygen atoms in total. The van der Waals surface area contributed by atoms with Gasteiger partial charge < -0.3 is 11.5 Å². The number of nitrogen functional groups attached to an aromatic ring is 1. The van der Waals surface area contributed by atoms with E-state index < -0.39 is 0 Å². The van der Waals surface area contributed by atoms with Gasteiger partial charge in [-0.05, 0) is 24.3 Å². The normalized spacial score (nSPS) is 10.1. The van der Waals surface area contributed by atoms with Gasteiger partial charge in [-0.2, -0.15) is 0 Å². The Hall–Kier alpha value is -2.01. The molecule has 1 aromatic rings. The Bertz CT molecular complexity index is 452. The van der Waals surface area contributed by atoms with Gasteiger partial charge in [0.05, 0.1) is 13.0 Å². The van der Waals surface area contributed by atoms with Crippen LogP contribution < -0.4 is 11.5 Å². The highest BCUT2D eigenvalue weighted by Crippen LogP contribution is 2.09. The summed E-state index contributed by atoms with van der Waals surface area (Å²) in [5.41, 5.74) is 11.6. The molecule has 0 fully saturated rings. The number of ketones is 3. The third kappa shape index (κ3) is 4.47. The number of Topliss-reactive ketones (excluding diaryl/α,β-unsaturated/α-hetero) is 3. The van der Waals surface area contributed by atoms with Gasteiger partial charge in [-0.15, -0.1) is 0 Å². The molecule has 1 aromatic carbocycles. The van der Waals surface area contributed by atoms with Crippen LogP contribution in [0, 0.1) is 0 Å². The van der Waals surface area contributed by atoms with Gasteiger partial charge in [0.25, 0.3) is 0 Å². The minimum Gasteiger partial charge on any atom is -0.399 e. The molecule has 5 heteroatoms. The van der Waals surface area contributed by atoms with Crippen molar-refractivity contribution in [1.82, 2.24) is 0 Å². The number of hydrogen-bond acceptors (Lipinski definition) is 5. The number of rotatable bonds is 7. The monoisotopic (exact) mass is 248 g/mol. The maximum atomic E-state index is 11.7. The van der Waals surface area contributed by atoms with Crippen LogP contribution in [-0.2, 0) is 9.59 Å². The van der Waals surface area contributed by atoms with E-state index in [0.29, 0.717) is 11.3 Å². The van der Waals surface area contributed by atoms with Crippen LogP contribution in [0.15, 0.2) is 24.3 Å². The first-order valence-corrected chi connectivity index (χ1v) is 5.65. The van der Waals surface area contributed by atoms with Crippen LogP contribution in [0.25, 0.3) is 0 Å². The smallest absolute Gasteiger partial charge is 0.170 e. The zero-order valence-electron chi connectivity index (χ0n) is 10.0. The Morgan fingerprint density at radius 1 is 0.944 bits per heavy atom. The highest BCUT2D eigenvalue weighted by molar-refractivity contribution is 6.08. The highest BCUT2D eigenvalue weighted by atomic mass is 16.1. The van der Waals surface area contributed by atoms with Crippen LogP contribution in [0.5, 0.6) is 0 Å². The lowest BCUT2D eigenvalue weighted by molar-refractivity contribution is -0.123. The van der Waals surface area contributed by atoms with E-state index in [1.54, 1.807) is 24.3 Å². The molecule has 0 bridgehead atoms. The summed E-state index contributed by atoms with van der Waals surface area (Å²) in [7, 11) is 0. The van der Waals surface area contributed by atoms with Crippen molar-refractivity contribution < 1.29 is 14.4 Å². The molecule has 96 valence electrons. The first-order chi connectivity index (χ1) is 8.52. The second kappa shape index (κ2) is 6.66. The molecule has 0 aliphatic carbocycles. The number of benzene rings is 1. The number of carbonyl (C=O) groups is 3. The van der Waals surface area contributed by atoms with E-state index in [4.69, 9.17) is 11.5 Å². The second-order valence-electron chi connectivity index (χ2n) is 4.00. The largest absolute Gasteiger partial charge is 0.399 e. The summed E-state index contributed by atoms with van der Waals surface area (Å²) in [6.45, 7) is -0.0702. The standard InChI is InChI=1S/C13H16N2O3/c14-8-12(17)6-5-11(16)7-13(18)9-1-3-10(15)4-2-9/h1-4H,5-8,14-15H2. The molecule has 0 aliphatic heterocycles. The lowest BCUT2D eigenvalue weighted by atomic mass is 10.0. The predicted molar refractivity (Wildman–Crippen MR) is 68.1 cm³/mol. The lowest BCUT2D eigenvalue weighted by Gasteiger charge is -2.01. The average Bonchev–Trinajstić information content (AvgIpc) is 2.36. The molecular weight excluding hydrogens is 232 g/mol. The Balaban J connectivity index is 2.47. The van der Waals surface area contributed by atoms with Crippen molar-refractivity contribution in [2.45, 2.75) is 19.3 Å². The Labute approximate surface area is 105 Å². The molecule has 0 spiro atoms. The van der Waals surface area contributed by atoms with E-state index in [0.717, 1.165) is 0 Å². The quantitative estimate of drug-likeness (QED) is 0.420. The first kappa shape index (κ1) is 14.1. The Morgan fingerprint density at radius 2 is 1.50 bits per heavy atom. The van der Waals surface area contributed by atoms with Gasteiger partial charge in [0, 0.05) is 24.1 Å². The van der Waals surface area contributed by atoms with Crippen molar-refractivity contribution in [2.24, 2.45) is 5.73 Å². The summed E-state index contributed by atoms with van der Waals surface area (Å²) in [4.78, 5) is 34.1. The summed E-state index contributed by atoms with van der Waals surface area (Å²) in [6.07, 6.45) is -0.0249. The van der Waals surface area contributed by atoms with E-state index in [9.17, 15) is 14.4 Å². The van der Waals surface area contributed by atoms with E-state index in [1.165, 1.54) is 0 Å². The molecule has 1 rings (SSSR count). The minimum atomic E-state index is -0.264. The molecule has 0 saturated heterocycles. The van der Waals surface area contributed by atoms with Gasteiger partial charge in [-0.25, -0.2) is 0 Å². The highest BCUT2D eigenvalue weighted by Gasteiger charge is 2.12. The molecule has 0 radical (unpaired) electrons. The van der Waals surface area contributed by atoms with Crippen molar-refractivity contribution in [3.8, 4) is 0 Å². The SMILES string of the molecule is NCC(=O)CCC(=O)CC(=O)c1ccc(N)cc1. The minimum absolute atomic E-state index is 0.0662. The van der Waals surface area contributed by atoms with Crippen molar-refractivity contribution in [3.63, 3.8) is 0 Å². The Kier molecular flexibility index (Phi) is 5.20. The molecule has 0 aliphatic rings. The summed E-state index contributed by atoms with van der Waals surface area (Å²) >= 11 is 0. The summed E-state index contributed by atoms with van der Waals surface area (Å²) < 4.78 is 0. The summed E-state index contributed by atoms with van der Waals surface area (Å²) in [5.74, 6) is -0.692. The van der Waals surface area contributed by atoms with Crippen LogP contribution in [0.3, 0.4) is 0 Å². The number of nitrogens with two attached hydrogens (primary N) is 2. The van der Waals surface area contributed by atoms with Crippen molar-refractivity contribution in [2.75, 3.05) is 12.3 Å².